The van der Waals surface area contributed by atoms with E-state index in [4.69, 9.17) is 0 Å². The summed E-state index contributed by atoms with van der Waals surface area (Å²) < 4.78 is 0. The van der Waals surface area contributed by atoms with Crippen LogP contribution in [0.5, 0.6) is 0 Å². The topological polar surface area (TPSA) is 0 Å². The predicted molar refractivity (Wildman–Crippen MR) is 78.3 cm³/mol. The summed E-state index contributed by atoms with van der Waals surface area (Å²) in [5, 5.41) is 0. The highest BCUT2D eigenvalue weighted by Gasteiger charge is 2.63. The summed E-state index contributed by atoms with van der Waals surface area (Å²) >= 11 is 0. The van der Waals surface area contributed by atoms with Crippen molar-refractivity contribution in [2.75, 3.05) is 0 Å². The molecular weight excluding hydrogens is 216 g/mol. The Kier molecular flexibility index (Phi) is 3.49. The molecule has 0 amide bonds. The Morgan fingerprint density at radius 1 is 0.722 bits per heavy atom. The van der Waals surface area contributed by atoms with Crippen molar-refractivity contribution in [3.63, 3.8) is 0 Å². The van der Waals surface area contributed by atoms with Crippen molar-refractivity contribution < 1.29 is 0 Å². The van der Waals surface area contributed by atoms with Gasteiger partial charge in [-0.25, -0.2) is 0 Å². The van der Waals surface area contributed by atoms with Crippen molar-refractivity contribution in [3.05, 3.63) is 0 Å². The monoisotopic (exact) mass is 248 g/mol. The van der Waals surface area contributed by atoms with Crippen LogP contribution in [0.25, 0.3) is 0 Å². The van der Waals surface area contributed by atoms with Crippen molar-refractivity contribution >= 4 is 0 Å². The van der Waals surface area contributed by atoms with E-state index >= 15 is 0 Å². The van der Waals surface area contributed by atoms with Gasteiger partial charge in [0, 0.05) is 0 Å². The van der Waals surface area contributed by atoms with Gasteiger partial charge in [0.25, 0.3) is 0 Å². The molecule has 0 N–H and O–H groups in total. The van der Waals surface area contributed by atoms with Gasteiger partial charge in [-0.3, -0.25) is 0 Å². The first-order valence-corrected chi connectivity index (χ1v) is 8.69. The van der Waals surface area contributed by atoms with E-state index in [1.165, 1.54) is 36.5 Å². The molecule has 4 rings (SSSR count). The molecule has 8 atom stereocenters. The fourth-order valence-electron chi connectivity index (χ4n) is 6.19. The molecule has 4 fully saturated rings. The van der Waals surface area contributed by atoms with E-state index < -0.39 is 0 Å². The highest BCUT2D eigenvalue weighted by Crippen LogP contribution is 2.70. The third-order valence-electron chi connectivity index (χ3n) is 7.26. The zero-order valence-electron chi connectivity index (χ0n) is 12.9. The Morgan fingerprint density at radius 3 is 1.56 bits per heavy atom. The molecule has 18 heavy (non-hydrogen) atoms. The summed E-state index contributed by atoms with van der Waals surface area (Å²) in [5.41, 5.74) is 0. The van der Waals surface area contributed by atoms with Gasteiger partial charge in [-0.2, -0.15) is 0 Å². The van der Waals surface area contributed by atoms with Gasteiger partial charge < -0.3 is 0 Å². The zero-order valence-corrected chi connectivity index (χ0v) is 12.9. The first-order chi connectivity index (χ1) is 8.69. The second-order valence-electron chi connectivity index (χ2n) is 7.77. The largest absolute Gasteiger partial charge is 0.0654 e. The van der Waals surface area contributed by atoms with Crippen molar-refractivity contribution in [3.8, 4) is 0 Å². The van der Waals surface area contributed by atoms with E-state index in [1.54, 1.807) is 25.7 Å². The van der Waals surface area contributed by atoms with Gasteiger partial charge in [0.15, 0.2) is 0 Å². The van der Waals surface area contributed by atoms with Crippen LogP contribution in [0, 0.1) is 47.3 Å². The molecule has 0 heterocycles. The Hall–Kier alpha value is 0. The van der Waals surface area contributed by atoms with E-state index in [1.807, 2.05) is 0 Å². The highest BCUT2D eigenvalue weighted by molar-refractivity contribution is 5.11. The van der Waals surface area contributed by atoms with E-state index in [2.05, 4.69) is 27.7 Å². The van der Waals surface area contributed by atoms with E-state index in [0.717, 1.165) is 23.7 Å². The lowest BCUT2D eigenvalue weighted by molar-refractivity contribution is 0.0716. The Balaban J connectivity index is 0.000000223. The first kappa shape index (κ1) is 13.0. The van der Waals surface area contributed by atoms with Crippen molar-refractivity contribution in [1.29, 1.82) is 0 Å². The molecule has 8 unspecified atom stereocenters. The van der Waals surface area contributed by atoms with Crippen LogP contribution in [0.15, 0.2) is 0 Å². The SMILES string of the molecule is CC1C(C)C2CC1C1C3CCC(C3)C21.CCCC. The Morgan fingerprint density at radius 2 is 1.17 bits per heavy atom. The standard InChI is InChI=1S/C14H22.C4H10/c1-7-8(2)12-6-11(7)13-9-3-4-10(5-9)14(12)13;1-3-4-2/h7-14H,3-6H2,1-2H3;3-4H2,1-2H3. The van der Waals surface area contributed by atoms with Gasteiger partial charge in [-0.15, -0.1) is 0 Å². The van der Waals surface area contributed by atoms with Gasteiger partial charge in [-0.05, 0) is 73.0 Å². The minimum atomic E-state index is 1.06. The second-order valence-corrected chi connectivity index (χ2v) is 7.77. The number of fused-ring (bicyclic) bond motifs is 9. The fraction of sp³-hybridized carbons (Fsp3) is 1.00. The van der Waals surface area contributed by atoms with E-state index in [0.29, 0.717) is 0 Å². The van der Waals surface area contributed by atoms with Crippen LogP contribution in [-0.4, -0.2) is 0 Å². The van der Waals surface area contributed by atoms with Crippen LogP contribution < -0.4 is 0 Å². The second kappa shape index (κ2) is 4.84. The van der Waals surface area contributed by atoms with Crippen LogP contribution >= 0.6 is 0 Å². The summed E-state index contributed by atoms with van der Waals surface area (Å²) in [4.78, 5) is 0. The maximum Gasteiger partial charge on any atom is -0.0321 e. The van der Waals surface area contributed by atoms with Crippen LogP contribution in [0.1, 0.15) is 66.2 Å². The quantitative estimate of drug-likeness (QED) is 0.547. The number of unbranched alkanes of at least 4 members (excludes halogenated alkanes) is 1. The summed E-state index contributed by atoms with van der Waals surface area (Å²) in [6.45, 7) is 9.44. The molecule has 4 bridgehead atoms. The normalized spacial score (nSPS) is 55.3. The Bertz CT molecular complexity index is 266. The molecule has 0 aliphatic heterocycles. The molecule has 0 heteroatoms. The van der Waals surface area contributed by atoms with Crippen LogP contribution in [0.2, 0.25) is 0 Å². The third kappa shape index (κ3) is 1.70. The molecule has 0 spiro atoms. The minimum Gasteiger partial charge on any atom is -0.0654 e. The van der Waals surface area contributed by atoms with Crippen LogP contribution in [0.3, 0.4) is 0 Å². The molecular formula is C18H32. The van der Waals surface area contributed by atoms with Gasteiger partial charge >= 0.3 is 0 Å². The summed E-state index contributed by atoms with van der Waals surface area (Å²) in [7, 11) is 0. The smallest absolute Gasteiger partial charge is 0.0321 e. The molecule has 0 radical (unpaired) electrons. The molecule has 0 nitrogen and oxygen atoms in total. The molecule has 0 aromatic rings. The molecule has 0 saturated heterocycles. The lowest BCUT2D eigenvalue weighted by atomic mass is 9.64. The molecule has 4 aliphatic rings. The minimum absolute atomic E-state index is 1.06. The molecule has 0 aromatic heterocycles. The Labute approximate surface area is 114 Å². The lowest BCUT2D eigenvalue weighted by Crippen LogP contribution is -2.35. The van der Waals surface area contributed by atoms with Gasteiger partial charge in [0.1, 0.15) is 0 Å². The van der Waals surface area contributed by atoms with E-state index in [9.17, 15) is 0 Å². The predicted octanol–water partition coefficient (Wildman–Crippen LogP) is 5.38. The first-order valence-electron chi connectivity index (χ1n) is 8.69. The van der Waals surface area contributed by atoms with Crippen molar-refractivity contribution in [2.45, 2.75) is 66.2 Å². The van der Waals surface area contributed by atoms with Crippen LogP contribution in [-0.2, 0) is 0 Å². The number of rotatable bonds is 1. The summed E-state index contributed by atoms with van der Waals surface area (Å²) in [6, 6.07) is 0. The van der Waals surface area contributed by atoms with Crippen molar-refractivity contribution in [2.24, 2.45) is 47.3 Å². The fourth-order valence-corrected chi connectivity index (χ4v) is 6.19. The van der Waals surface area contributed by atoms with Crippen molar-refractivity contribution in [1.82, 2.24) is 0 Å². The number of hydrogen-bond acceptors (Lipinski definition) is 0. The highest BCUT2D eigenvalue weighted by atomic mass is 14.7. The maximum absolute atomic E-state index is 2.54. The number of hydrogen-bond donors (Lipinski definition) is 0. The van der Waals surface area contributed by atoms with Gasteiger partial charge in [0.05, 0.1) is 0 Å². The molecule has 4 saturated carbocycles. The molecule has 4 aliphatic carbocycles. The maximum atomic E-state index is 2.54. The summed E-state index contributed by atoms with van der Waals surface area (Å²) in [5.74, 6) is 9.16. The zero-order chi connectivity index (χ0) is 12.9. The molecule has 0 aromatic carbocycles. The van der Waals surface area contributed by atoms with E-state index in [-0.39, 0.29) is 0 Å². The summed E-state index contributed by atoms with van der Waals surface area (Å²) in [6.07, 6.45) is 9.07. The molecule has 104 valence electrons. The average Bonchev–Trinajstić information content (AvgIpc) is 3.10. The van der Waals surface area contributed by atoms with Crippen LogP contribution in [0.4, 0.5) is 0 Å². The van der Waals surface area contributed by atoms with Gasteiger partial charge in [-0.1, -0.05) is 40.5 Å². The lowest BCUT2D eigenvalue weighted by Gasteiger charge is -2.41. The third-order valence-corrected chi connectivity index (χ3v) is 7.26. The average molecular weight is 248 g/mol. The van der Waals surface area contributed by atoms with Gasteiger partial charge in [0.2, 0.25) is 0 Å².